The van der Waals surface area contributed by atoms with E-state index >= 15 is 0 Å². The highest BCUT2D eigenvalue weighted by Gasteiger charge is 2.01. The number of nitrogens with zero attached hydrogens (tertiary/aromatic N) is 3. The predicted molar refractivity (Wildman–Crippen MR) is 111 cm³/mol. The van der Waals surface area contributed by atoms with Crippen LogP contribution in [0.3, 0.4) is 0 Å². The van der Waals surface area contributed by atoms with Crippen LogP contribution < -0.4 is 10.6 Å². The van der Waals surface area contributed by atoms with Crippen molar-refractivity contribution < 1.29 is 0 Å². The van der Waals surface area contributed by atoms with Crippen molar-refractivity contribution in [3.63, 3.8) is 0 Å². The highest BCUT2D eigenvalue weighted by atomic mass is 15.2. The Morgan fingerprint density at radius 2 is 1.89 bits per heavy atom. The van der Waals surface area contributed by atoms with Crippen LogP contribution in [0.5, 0.6) is 0 Å². The van der Waals surface area contributed by atoms with E-state index in [0.717, 1.165) is 37.6 Å². The molecule has 138 valence electrons. The first-order valence-corrected chi connectivity index (χ1v) is 9.35. The minimum atomic E-state index is 0.587. The predicted octanol–water partition coefficient (Wildman–Crippen LogP) is 3.66. The molecule has 2 N–H and O–H groups in total. The summed E-state index contributed by atoms with van der Waals surface area (Å²) >= 11 is 0. The van der Waals surface area contributed by atoms with E-state index in [2.05, 4.69) is 69.7 Å². The van der Waals surface area contributed by atoms with Crippen LogP contribution in [0.2, 0.25) is 0 Å². The minimum Gasteiger partial charge on any atom is -0.357 e. The number of nitriles is 1. The van der Waals surface area contributed by atoms with Crippen molar-refractivity contribution >= 4 is 16.9 Å². The van der Waals surface area contributed by atoms with E-state index in [-0.39, 0.29) is 0 Å². The molecule has 0 spiro atoms. The molecule has 0 bridgehead atoms. The molecule has 5 nitrogen and oxygen atoms in total. The lowest BCUT2D eigenvalue weighted by Gasteiger charge is -2.12. The van der Waals surface area contributed by atoms with Gasteiger partial charge in [0.2, 0.25) is 0 Å². The van der Waals surface area contributed by atoms with E-state index in [4.69, 9.17) is 5.26 Å². The summed E-state index contributed by atoms with van der Waals surface area (Å²) in [4.78, 5) is 4.63. The molecule has 0 saturated carbocycles. The first kappa shape index (κ1) is 18.5. The number of aryl methyl sites for hydroxylation is 1. The molecule has 0 unspecified atom stereocenters. The number of hydrogen-bond acceptors (Lipinski definition) is 2. The maximum absolute atomic E-state index is 8.86. The monoisotopic (exact) mass is 359 g/mol. The van der Waals surface area contributed by atoms with Crippen LogP contribution in [0.25, 0.3) is 10.9 Å². The van der Waals surface area contributed by atoms with Gasteiger partial charge in [-0.05, 0) is 48.6 Å². The number of fused-ring (bicyclic) bond motifs is 1. The second kappa shape index (κ2) is 9.44. The van der Waals surface area contributed by atoms with Gasteiger partial charge in [-0.25, -0.2) is 4.99 Å². The third-order valence-electron chi connectivity index (χ3n) is 4.40. The summed E-state index contributed by atoms with van der Waals surface area (Å²) in [6, 6.07) is 20.3. The molecule has 5 heteroatoms. The fourth-order valence-electron chi connectivity index (χ4n) is 2.99. The summed E-state index contributed by atoms with van der Waals surface area (Å²) in [5.41, 5.74) is 3.04. The molecule has 2 aromatic carbocycles. The molecule has 1 heterocycles. The van der Waals surface area contributed by atoms with Crippen LogP contribution in [-0.2, 0) is 13.1 Å². The Morgan fingerprint density at radius 1 is 1.07 bits per heavy atom. The number of benzene rings is 2. The summed E-state index contributed by atoms with van der Waals surface area (Å²) in [5.74, 6) is 0.819. The SMILES string of the molecule is CCNC(=NCc1ccc(C#N)cc1)NCCCn1ccc2ccccc21. The molecule has 3 aromatic rings. The quantitative estimate of drug-likeness (QED) is 0.384. The number of nitrogens with one attached hydrogen (secondary N) is 2. The molecule has 27 heavy (non-hydrogen) atoms. The van der Waals surface area contributed by atoms with Crippen molar-refractivity contribution in [3.8, 4) is 6.07 Å². The van der Waals surface area contributed by atoms with Gasteiger partial charge in [0.15, 0.2) is 5.96 Å². The van der Waals surface area contributed by atoms with E-state index < -0.39 is 0 Å². The second-order valence-corrected chi connectivity index (χ2v) is 6.35. The van der Waals surface area contributed by atoms with Gasteiger partial charge in [0, 0.05) is 31.3 Å². The lowest BCUT2D eigenvalue weighted by atomic mass is 10.1. The Balaban J connectivity index is 1.50. The van der Waals surface area contributed by atoms with Crippen LogP contribution in [0, 0.1) is 11.3 Å². The number of para-hydroxylation sites is 1. The van der Waals surface area contributed by atoms with Gasteiger partial charge in [-0.15, -0.1) is 0 Å². The average molecular weight is 359 g/mol. The van der Waals surface area contributed by atoms with Crippen LogP contribution in [0.1, 0.15) is 24.5 Å². The number of rotatable bonds is 7. The van der Waals surface area contributed by atoms with Crippen molar-refractivity contribution in [1.29, 1.82) is 5.26 Å². The summed E-state index contributed by atoms with van der Waals surface area (Å²) in [6.45, 7) is 5.29. The smallest absolute Gasteiger partial charge is 0.191 e. The summed E-state index contributed by atoms with van der Waals surface area (Å²) in [6.07, 6.45) is 3.16. The molecular formula is C22H25N5. The number of hydrogen-bond donors (Lipinski definition) is 2. The Kier molecular flexibility index (Phi) is 6.48. The summed E-state index contributed by atoms with van der Waals surface area (Å²) in [5, 5.41) is 16.8. The summed E-state index contributed by atoms with van der Waals surface area (Å²) < 4.78 is 2.29. The fourth-order valence-corrected chi connectivity index (χ4v) is 2.99. The first-order valence-electron chi connectivity index (χ1n) is 9.35. The molecule has 0 amide bonds. The number of guanidine groups is 1. The van der Waals surface area contributed by atoms with Gasteiger partial charge in [0.1, 0.15) is 0 Å². The topological polar surface area (TPSA) is 65.1 Å². The molecule has 0 aliphatic rings. The molecule has 3 rings (SSSR count). The number of aliphatic imine (C=N–C) groups is 1. The molecule has 0 aliphatic heterocycles. The Morgan fingerprint density at radius 3 is 2.67 bits per heavy atom. The number of aromatic nitrogens is 1. The van der Waals surface area contributed by atoms with Crippen molar-refractivity contribution in [1.82, 2.24) is 15.2 Å². The minimum absolute atomic E-state index is 0.587. The zero-order chi connectivity index (χ0) is 18.9. The van der Waals surface area contributed by atoms with Gasteiger partial charge in [0.05, 0.1) is 18.2 Å². The fraction of sp³-hybridized carbons (Fsp3) is 0.273. The van der Waals surface area contributed by atoms with E-state index in [1.807, 2.05) is 24.3 Å². The van der Waals surface area contributed by atoms with E-state index in [1.165, 1.54) is 10.9 Å². The molecule has 0 atom stereocenters. The maximum Gasteiger partial charge on any atom is 0.191 e. The molecule has 0 saturated heterocycles. The van der Waals surface area contributed by atoms with Gasteiger partial charge in [-0.3, -0.25) is 0 Å². The lowest BCUT2D eigenvalue weighted by Crippen LogP contribution is -2.38. The molecular weight excluding hydrogens is 334 g/mol. The third-order valence-corrected chi connectivity index (χ3v) is 4.40. The lowest BCUT2D eigenvalue weighted by molar-refractivity contribution is 0.641. The zero-order valence-corrected chi connectivity index (χ0v) is 15.7. The second-order valence-electron chi connectivity index (χ2n) is 6.35. The van der Waals surface area contributed by atoms with Crippen LogP contribution >= 0.6 is 0 Å². The largest absolute Gasteiger partial charge is 0.357 e. The molecule has 0 fully saturated rings. The van der Waals surface area contributed by atoms with Crippen LogP contribution in [-0.4, -0.2) is 23.6 Å². The van der Waals surface area contributed by atoms with Gasteiger partial charge in [0.25, 0.3) is 0 Å². The highest BCUT2D eigenvalue weighted by molar-refractivity contribution is 5.80. The normalized spacial score (nSPS) is 11.3. The van der Waals surface area contributed by atoms with Gasteiger partial charge in [-0.2, -0.15) is 5.26 Å². The Hall–Kier alpha value is -3.26. The standard InChI is InChI=1S/C22H25N5/c1-2-24-22(26-17-19-10-8-18(16-23)9-11-19)25-13-5-14-27-15-12-20-6-3-4-7-21(20)27/h3-4,6-12,15H,2,5,13-14,17H2,1H3,(H2,24,25,26). The molecule has 0 aliphatic carbocycles. The molecule has 1 aromatic heterocycles. The van der Waals surface area contributed by atoms with Crippen molar-refractivity contribution in [2.45, 2.75) is 26.4 Å². The van der Waals surface area contributed by atoms with Crippen molar-refractivity contribution in [2.75, 3.05) is 13.1 Å². The van der Waals surface area contributed by atoms with Gasteiger partial charge < -0.3 is 15.2 Å². The van der Waals surface area contributed by atoms with Crippen molar-refractivity contribution in [2.24, 2.45) is 4.99 Å². The van der Waals surface area contributed by atoms with Gasteiger partial charge in [-0.1, -0.05) is 30.3 Å². The van der Waals surface area contributed by atoms with Crippen LogP contribution in [0.15, 0.2) is 65.8 Å². The maximum atomic E-state index is 8.86. The summed E-state index contributed by atoms with van der Waals surface area (Å²) in [7, 11) is 0. The van der Waals surface area contributed by atoms with Gasteiger partial charge >= 0.3 is 0 Å². The van der Waals surface area contributed by atoms with Crippen LogP contribution in [0.4, 0.5) is 0 Å². The zero-order valence-electron chi connectivity index (χ0n) is 15.7. The average Bonchev–Trinajstić information content (AvgIpc) is 3.13. The van der Waals surface area contributed by atoms with E-state index in [0.29, 0.717) is 12.1 Å². The van der Waals surface area contributed by atoms with Crippen molar-refractivity contribution in [3.05, 3.63) is 71.9 Å². The molecule has 0 radical (unpaired) electrons. The Bertz CT molecular complexity index is 931. The Labute approximate surface area is 160 Å². The van der Waals surface area contributed by atoms with E-state index in [9.17, 15) is 0 Å². The van der Waals surface area contributed by atoms with E-state index in [1.54, 1.807) is 0 Å². The highest BCUT2D eigenvalue weighted by Crippen LogP contribution is 2.15. The third kappa shape index (κ3) is 5.11. The first-order chi connectivity index (χ1) is 13.3.